The van der Waals surface area contributed by atoms with Gasteiger partial charge in [0.15, 0.2) is 0 Å². The molecule has 0 aliphatic rings. The zero-order valence-electron chi connectivity index (χ0n) is 13.1. The molecule has 3 nitrogen and oxygen atoms in total. The molecule has 0 radical (unpaired) electrons. The second-order valence-corrected chi connectivity index (χ2v) is 5.95. The summed E-state index contributed by atoms with van der Waals surface area (Å²) in [5.74, 6) is 0. The van der Waals surface area contributed by atoms with E-state index in [0.29, 0.717) is 16.1 Å². The van der Waals surface area contributed by atoms with Gasteiger partial charge in [0, 0.05) is 36.8 Å². The third-order valence-corrected chi connectivity index (χ3v) is 4.34. The van der Waals surface area contributed by atoms with Crippen LogP contribution in [0.2, 0.25) is 5.02 Å². The first-order valence-electron chi connectivity index (χ1n) is 7.34. The normalized spacial score (nSPS) is 11.3. The molecule has 0 amide bonds. The smallest absolute Gasteiger partial charge is 0.104 e. The van der Waals surface area contributed by atoms with E-state index in [-0.39, 0.29) is 0 Å². The maximum absolute atomic E-state index is 6.37. The van der Waals surface area contributed by atoms with E-state index in [9.17, 15) is 0 Å². The van der Waals surface area contributed by atoms with Crippen molar-refractivity contribution in [3.8, 4) is 0 Å². The minimum absolute atomic E-state index is 0.375. The van der Waals surface area contributed by atoms with Gasteiger partial charge in [-0.25, -0.2) is 0 Å². The molecule has 2 N–H and O–H groups in total. The predicted octanol–water partition coefficient (Wildman–Crippen LogP) is 3.61. The van der Waals surface area contributed by atoms with E-state index in [1.54, 1.807) is 7.11 Å². The standard InChI is InChI=1S/C16H25ClN2OS/c1-4-14(5-2)19(8-9-20-3)11-13-7-6-12(16(18)21)10-15(13)17/h6-7,10,14H,4-5,8-9,11H2,1-3H3,(H2,18,21). The van der Waals surface area contributed by atoms with Gasteiger partial charge in [0.1, 0.15) is 4.99 Å². The SMILES string of the molecule is CCC(CC)N(CCOC)Cc1ccc(C(N)=S)cc1Cl. The lowest BCUT2D eigenvalue weighted by Gasteiger charge is -2.30. The summed E-state index contributed by atoms with van der Waals surface area (Å²) in [4.78, 5) is 2.80. The Balaban J connectivity index is 2.89. The van der Waals surface area contributed by atoms with Crippen molar-refractivity contribution in [2.24, 2.45) is 5.73 Å². The minimum Gasteiger partial charge on any atom is -0.389 e. The van der Waals surface area contributed by atoms with Crippen LogP contribution in [0.3, 0.4) is 0 Å². The molecule has 0 bridgehead atoms. The predicted molar refractivity (Wildman–Crippen MR) is 94.0 cm³/mol. The Bertz CT molecular complexity index is 464. The molecule has 0 atom stereocenters. The Morgan fingerprint density at radius 2 is 2.05 bits per heavy atom. The zero-order chi connectivity index (χ0) is 15.8. The molecule has 21 heavy (non-hydrogen) atoms. The van der Waals surface area contributed by atoms with Crippen LogP contribution in [0.15, 0.2) is 18.2 Å². The quantitative estimate of drug-likeness (QED) is 0.703. The fourth-order valence-electron chi connectivity index (χ4n) is 2.45. The average Bonchev–Trinajstić information content (AvgIpc) is 2.47. The summed E-state index contributed by atoms with van der Waals surface area (Å²) in [7, 11) is 1.73. The van der Waals surface area contributed by atoms with Crippen LogP contribution < -0.4 is 5.73 Å². The summed E-state index contributed by atoms with van der Waals surface area (Å²) in [6.07, 6.45) is 2.23. The number of benzene rings is 1. The van der Waals surface area contributed by atoms with Crippen molar-refractivity contribution in [2.45, 2.75) is 39.3 Å². The summed E-state index contributed by atoms with van der Waals surface area (Å²) in [6.45, 7) is 6.86. The lowest BCUT2D eigenvalue weighted by molar-refractivity contribution is 0.110. The highest BCUT2D eigenvalue weighted by Gasteiger charge is 2.16. The van der Waals surface area contributed by atoms with Crippen molar-refractivity contribution >= 4 is 28.8 Å². The summed E-state index contributed by atoms with van der Waals surface area (Å²) in [5, 5.41) is 0.716. The van der Waals surface area contributed by atoms with Crippen LogP contribution in [-0.2, 0) is 11.3 Å². The van der Waals surface area contributed by atoms with Crippen molar-refractivity contribution < 1.29 is 4.74 Å². The Morgan fingerprint density at radius 1 is 1.38 bits per heavy atom. The summed E-state index contributed by atoms with van der Waals surface area (Å²) < 4.78 is 5.22. The fraction of sp³-hybridized carbons (Fsp3) is 0.562. The van der Waals surface area contributed by atoms with E-state index in [4.69, 9.17) is 34.3 Å². The zero-order valence-corrected chi connectivity index (χ0v) is 14.6. The number of ether oxygens (including phenoxy) is 1. The van der Waals surface area contributed by atoms with Gasteiger partial charge in [-0.2, -0.15) is 0 Å². The summed E-state index contributed by atoms with van der Waals surface area (Å²) in [6, 6.07) is 6.33. The van der Waals surface area contributed by atoms with Crippen LogP contribution >= 0.6 is 23.8 Å². The minimum atomic E-state index is 0.375. The lowest BCUT2D eigenvalue weighted by Crippen LogP contribution is -2.36. The molecule has 0 saturated heterocycles. The Kier molecular flexibility index (Phi) is 8.19. The molecule has 0 spiro atoms. The number of nitrogens with zero attached hydrogens (tertiary/aromatic N) is 1. The molecule has 5 heteroatoms. The Morgan fingerprint density at radius 3 is 2.52 bits per heavy atom. The number of thiocarbonyl (C=S) groups is 1. The van der Waals surface area contributed by atoms with Gasteiger partial charge >= 0.3 is 0 Å². The molecule has 118 valence electrons. The molecule has 0 aromatic heterocycles. The van der Waals surface area contributed by atoms with Crippen LogP contribution in [0.5, 0.6) is 0 Å². The molecule has 0 aliphatic heterocycles. The van der Waals surface area contributed by atoms with Gasteiger partial charge in [0.05, 0.1) is 6.61 Å². The topological polar surface area (TPSA) is 38.5 Å². The number of hydrogen-bond donors (Lipinski definition) is 1. The van der Waals surface area contributed by atoms with E-state index in [1.807, 2.05) is 18.2 Å². The van der Waals surface area contributed by atoms with Gasteiger partial charge in [-0.3, -0.25) is 4.90 Å². The number of nitrogens with two attached hydrogens (primary N) is 1. The first kappa shape index (κ1) is 18.4. The van der Waals surface area contributed by atoms with E-state index in [0.717, 1.165) is 43.7 Å². The van der Waals surface area contributed by atoms with Crippen LogP contribution in [0, 0.1) is 0 Å². The van der Waals surface area contributed by atoms with Gasteiger partial charge in [-0.1, -0.05) is 49.8 Å². The van der Waals surface area contributed by atoms with Gasteiger partial charge in [0.25, 0.3) is 0 Å². The van der Waals surface area contributed by atoms with Gasteiger partial charge in [-0.05, 0) is 24.5 Å². The third-order valence-electron chi connectivity index (χ3n) is 3.75. The Hall–Kier alpha value is -0.680. The monoisotopic (exact) mass is 328 g/mol. The van der Waals surface area contributed by atoms with Crippen molar-refractivity contribution in [3.63, 3.8) is 0 Å². The van der Waals surface area contributed by atoms with Gasteiger partial charge < -0.3 is 10.5 Å². The van der Waals surface area contributed by atoms with Crippen LogP contribution in [0.25, 0.3) is 0 Å². The van der Waals surface area contributed by atoms with Crippen molar-refractivity contribution in [1.82, 2.24) is 4.90 Å². The van der Waals surface area contributed by atoms with Crippen LogP contribution in [0.1, 0.15) is 37.8 Å². The first-order chi connectivity index (χ1) is 10.0. The average molecular weight is 329 g/mol. The molecule has 0 saturated carbocycles. The lowest BCUT2D eigenvalue weighted by atomic mass is 10.1. The third kappa shape index (κ3) is 5.55. The molecule has 0 heterocycles. The van der Waals surface area contributed by atoms with Crippen molar-refractivity contribution in [2.75, 3.05) is 20.3 Å². The van der Waals surface area contributed by atoms with E-state index in [1.165, 1.54) is 0 Å². The van der Waals surface area contributed by atoms with Gasteiger partial charge in [0.2, 0.25) is 0 Å². The highest BCUT2D eigenvalue weighted by Crippen LogP contribution is 2.22. The van der Waals surface area contributed by atoms with Crippen LogP contribution in [0.4, 0.5) is 0 Å². The first-order valence-corrected chi connectivity index (χ1v) is 8.13. The molecule has 0 fully saturated rings. The van der Waals surface area contributed by atoms with E-state index in [2.05, 4.69) is 18.7 Å². The second kappa shape index (κ2) is 9.36. The van der Waals surface area contributed by atoms with Gasteiger partial charge in [-0.15, -0.1) is 0 Å². The summed E-state index contributed by atoms with van der Waals surface area (Å²) >= 11 is 11.4. The number of rotatable bonds is 9. The molecular weight excluding hydrogens is 304 g/mol. The Labute approximate surface area is 138 Å². The van der Waals surface area contributed by atoms with Crippen LogP contribution in [-0.4, -0.2) is 36.2 Å². The number of methoxy groups -OCH3 is 1. The highest BCUT2D eigenvalue weighted by atomic mass is 35.5. The molecule has 1 aromatic rings. The van der Waals surface area contributed by atoms with E-state index < -0.39 is 0 Å². The largest absolute Gasteiger partial charge is 0.389 e. The molecule has 0 aliphatic carbocycles. The molecule has 1 aromatic carbocycles. The second-order valence-electron chi connectivity index (χ2n) is 5.10. The number of hydrogen-bond acceptors (Lipinski definition) is 3. The molecular formula is C16H25ClN2OS. The fourth-order valence-corrected chi connectivity index (χ4v) is 2.82. The highest BCUT2D eigenvalue weighted by molar-refractivity contribution is 7.80. The number of halogens is 1. The maximum atomic E-state index is 6.37. The van der Waals surface area contributed by atoms with Crippen molar-refractivity contribution in [3.05, 3.63) is 34.3 Å². The van der Waals surface area contributed by atoms with E-state index >= 15 is 0 Å². The molecule has 0 unspecified atom stereocenters. The van der Waals surface area contributed by atoms with Crippen molar-refractivity contribution in [1.29, 1.82) is 0 Å². The molecule has 1 rings (SSSR count). The maximum Gasteiger partial charge on any atom is 0.104 e. The summed E-state index contributed by atoms with van der Waals surface area (Å²) in [5.41, 5.74) is 7.54.